The van der Waals surface area contributed by atoms with E-state index >= 15 is 0 Å². The Labute approximate surface area is 121 Å². The first-order chi connectivity index (χ1) is 9.43. The van der Waals surface area contributed by atoms with Crippen LogP contribution in [0.2, 0.25) is 0 Å². The SMILES string of the molecule is CCC1CCCCC1NC(=O)NC(CC(C)C)C(=O)O. The highest BCUT2D eigenvalue weighted by atomic mass is 16.4. The van der Waals surface area contributed by atoms with E-state index in [1.807, 2.05) is 13.8 Å². The maximum absolute atomic E-state index is 12.0. The smallest absolute Gasteiger partial charge is 0.326 e. The van der Waals surface area contributed by atoms with Gasteiger partial charge in [0.05, 0.1) is 0 Å². The van der Waals surface area contributed by atoms with Crippen molar-refractivity contribution in [3.05, 3.63) is 0 Å². The zero-order valence-corrected chi connectivity index (χ0v) is 12.8. The van der Waals surface area contributed by atoms with Gasteiger partial charge in [-0.15, -0.1) is 0 Å². The third-order valence-electron chi connectivity index (χ3n) is 4.06. The van der Waals surface area contributed by atoms with Crippen LogP contribution in [-0.4, -0.2) is 29.2 Å². The van der Waals surface area contributed by atoms with E-state index in [2.05, 4.69) is 17.6 Å². The fraction of sp³-hybridized carbons (Fsp3) is 0.867. The highest BCUT2D eigenvalue weighted by Gasteiger charge is 2.27. The molecule has 3 N–H and O–H groups in total. The lowest BCUT2D eigenvalue weighted by molar-refractivity contribution is -0.139. The lowest BCUT2D eigenvalue weighted by atomic mass is 9.83. The molecule has 1 fully saturated rings. The van der Waals surface area contributed by atoms with Crippen molar-refractivity contribution in [3.8, 4) is 0 Å². The minimum Gasteiger partial charge on any atom is -0.480 e. The number of amides is 2. The third-order valence-corrected chi connectivity index (χ3v) is 4.06. The fourth-order valence-electron chi connectivity index (χ4n) is 2.95. The van der Waals surface area contributed by atoms with E-state index in [0.29, 0.717) is 12.3 Å². The van der Waals surface area contributed by atoms with Crippen molar-refractivity contribution >= 4 is 12.0 Å². The maximum Gasteiger partial charge on any atom is 0.326 e. The Morgan fingerprint density at radius 2 is 1.90 bits per heavy atom. The van der Waals surface area contributed by atoms with E-state index in [1.165, 1.54) is 6.42 Å². The largest absolute Gasteiger partial charge is 0.480 e. The van der Waals surface area contributed by atoms with Crippen LogP contribution in [0.4, 0.5) is 4.79 Å². The van der Waals surface area contributed by atoms with Crippen molar-refractivity contribution in [2.24, 2.45) is 11.8 Å². The zero-order valence-electron chi connectivity index (χ0n) is 12.8. The summed E-state index contributed by atoms with van der Waals surface area (Å²) >= 11 is 0. The average Bonchev–Trinajstić information content (AvgIpc) is 2.37. The Morgan fingerprint density at radius 1 is 1.25 bits per heavy atom. The van der Waals surface area contributed by atoms with Gasteiger partial charge in [-0.25, -0.2) is 9.59 Å². The van der Waals surface area contributed by atoms with Crippen LogP contribution in [0.1, 0.15) is 59.3 Å². The minimum atomic E-state index is -0.968. The third kappa shape index (κ3) is 5.39. The second kappa shape index (κ2) is 8.12. The summed E-state index contributed by atoms with van der Waals surface area (Å²) in [5.41, 5.74) is 0. The summed E-state index contributed by atoms with van der Waals surface area (Å²) in [4.78, 5) is 23.1. The number of carbonyl (C=O) groups is 2. The molecule has 0 aromatic heterocycles. The molecule has 0 aromatic carbocycles. The van der Waals surface area contributed by atoms with Crippen LogP contribution < -0.4 is 10.6 Å². The van der Waals surface area contributed by atoms with Gasteiger partial charge < -0.3 is 15.7 Å². The fourth-order valence-corrected chi connectivity index (χ4v) is 2.95. The zero-order chi connectivity index (χ0) is 15.1. The summed E-state index contributed by atoms with van der Waals surface area (Å²) in [5, 5.41) is 14.7. The second-order valence-electron chi connectivity index (χ2n) is 6.20. The van der Waals surface area contributed by atoms with Gasteiger partial charge in [-0.3, -0.25) is 0 Å². The number of hydrogen-bond donors (Lipinski definition) is 3. The maximum atomic E-state index is 12.0. The summed E-state index contributed by atoms with van der Waals surface area (Å²) in [6.07, 6.45) is 6.01. The standard InChI is InChI=1S/C15H28N2O3/c1-4-11-7-5-6-8-12(11)16-15(20)17-13(14(18)19)9-10(2)3/h10-13H,4-9H2,1-3H3,(H,18,19)(H2,16,17,20). The van der Waals surface area contributed by atoms with Crippen LogP contribution in [0.25, 0.3) is 0 Å². The molecule has 2 amide bonds. The number of hydrogen-bond acceptors (Lipinski definition) is 2. The van der Waals surface area contributed by atoms with Crippen molar-refractivity contribution in [1.29, 1.82) is 0 Å². The number of aliphatic carboxylic acids is 1. The molecule has 0 saturated heterocycles. The highest BCUT2D eigenvalue weighted by Crippen LogP contribution is 2.26. The van der Waals surface area contributed by atoms with Crippen molar-refractivity contribution in [2.75, 3.05) is 0 Å². The van der Waals surface area contributed by atoms with Crippen LogP contribution in [0.3, 0.4) is 0 Å². The van der Waals surface area contributed by atoms with E-state index < -0.39 is 12.0 Å². The topological polar surface area (TPSA) is 78.4 Å². The number of carbonyl (C=O) groups excluding carboxylic acids is 1. The molecule has 0 aromatic rings. The summed E-state index contributed by atoms with van der Waals surface area (Å²) in [6, 6.07) is -0.968. The summed E-state index contributed by atoms with van der Waals surface area (Å²) in [7, 11) is 0. The molecule has 5 heteroatoms. The number of rotatable bonds is 6. The monoisotopic (exact) mass is 284 g/mol. The molecular weight excluding hydrogens is 256 g/mol. The molecule has 0 bridgehead atoms. The van der Waals surface area contributed by atoms with Gasteiger partial charge in [0, 0.05) is 6.04 Å². The first kappa shape index (κ1) is 16.8. The summed E-state index contributed by atoms with van der Waals surface area (Å²) in [6.45, 7) is 6.04. The quantitative estimate of drug-likeness (QED) is 0.701. The Bertz CT molecular complexity index is 331. The molecule has 5 nitrogen and oxygen atoms in total. The molecule has 0 radical (unpaired) electrons. The molecule has 1 saturated carbocycles. The van der Waals surface area contributed by atoms with Gasteiger partial charge in [-0.05, 0) is 31.1 Å². The second-order valence-corrected chi connectivity index (χ2v) is 6.20. The molecule has 1 rings (SSSR count). The predicted octanol–water partition coefficient (Wildman–Crippen LogP) is 2.75. The number of urea groups is 1. The van der Waals surface area contributed by atoms with E-state index in [4.69, 9.17) is 5.11 Å². The van der Waals surface area contributed by atoms with Crippen molar-refractivity contribution in [3.63, 3.8) is 0 Å². The van der Waals surface area contributed by atoms with Crippen LogP contribution in [0.5, 0.6) is 0 Å². The lowest BCUT2D eigenvalue weighted by Crippen LogP contribution is -2.51. The van der Waals surface area contributed by atoms with Crippen molar-refractivity contribution in [2.45, 2.75) is 71.4 Å². The van der Waals surface area contributed by atoms with Gasteiger partial charge in [0.1, 0.15) is 6.04 Å². The normalized spacial score (nSPS) is 24.2. The Morgan fingerprint density at radius 3 is 2.45 bits per heavy atom. The molecule has 1 aliphatic carbocycles. The van der Waals surface area contributed by atoms with E-state index in [-0.39, 0.29) is 18.0 Å². The number of nitrogens with one attached hydrogen (secondary N) is 2. The highest BCUT2D eigenvalue weighted by molar-refractivity contribution is 5.82. The van der Waals surface area contributed by atoms with E-state index in [9.17, 15) is 9.59 Å². The van der Waals surface area contributed by atoms with Gasteiger partial charge in [-0.1, -0.05) is 40.0 Å². The van der Waals surface area contributed by atoms with Gasteiger partial charge >= 0.3 is 12.0 Å². The van der Waals surface area contributed by atoms with E-state index in [1.54, 1.807) is 0 Å². The Kier molecular flexibility index (Phi) is 6.82. The molecule has 20 heavy (non-hydrogen) atoms. The molecule has 0 spiro atoms. The Balaban J connectivity index is 2.49. The number of carboxylic acid groups (broad SMARTS) is 1. The lowest BCUT2D eigenvalue weighted by Gasteiger charge is -2.32. The average molecular weight is 284 g/mol. The molecule has 0 heterocycles. The first-order valence-corrected chi connectivity index (χ1v) is 7.73. The molecule has 3 atom stereocenters. The first-order valence-electron chi connectivity index (χ1n) is 7.73. The molecule has 1 aliphatic rings. The number of carboxylic acids is 1. The van der Waals surface area contributed by atoms with Gasteiger partial charge in [0.15, 0.2) is 0 Å². The van der Waals surface area contributed by atoms with Crippen molar-refractivity contribution < 1.29 is 14.7 Å². The summed E-state index contributed by atoms with van der Waals surface area (Å²) < 4.78 is 0. The molecule has 0 aliphatic heterocycles. The summed E-state index contributed by atoms with van der Waals surface area (Å²) in [5.74, 6) is -0.220. The van der Waals surface area contributed by atoms with Crippen LogP contribution >= 0.6 is 0 Å². The van der Waals surface area contributed by atoms with Crippen LogP contribution in [-0.2, 0) is 4.79 Å². The van der Waals surface area contributed by atoms with Crippen LogP contribution in [0.15, 0.2) is 0 Å². The molecule has 116 valence electrons. The van der Waals surface area contributed by atoms with Gasteiger partial charge in [-0.2, -0.15) is 0 Å². The van der Waals surface area contributed by atoms with Crippen molar-refractivity contribution in [1.82, 2.24) is 10.6 Å². The minimum absolute atomic E-state index is 0.183. The Hall–Kier alpha value is -1.26. The van der Waals surface area contributed by atoms with Gasteiger partial charge in [0.2, 0.25) is 0 Å². The predicted molar refractivity (Wildman–Crippen MR) is 78.6 cm³/mol. The van der Waals surface area contributed by atoms with E-state index in [0.717, 1.165) is 25.7 Å². The molecule has 3 unspecified atom stereocenters. The van der Waals surface area contributed by atoms with Crippen LogP contribution in [0, 0.1) is 11.8 Å². The molecular formula is C15H28N2O3. The van der Waals surface area contributed by atoms with Gasteiger partial charge in [0.25, 0.3) is 0 Å².